The molecule has 0 radical (unpaired) electrons. The van der Waals surface area contributed by atoms with Crippen molar-refractivity contribution < 1.29 is 9.15 Å². The molecule has 20 heavy (non-hydrogen) atoms. The number of ether oxygens (including phenoxy) is 1. The monoisotopic (exact) mass is 338 g/mol. The molecule has 4 nitrogen and oxygen atoms in total. The first-order valence-corrected chi connectivity index (χ1v) is 7.33. The minimum Gasteiger partial charge on any atom is -0.497 e. The molecule has 1 aromatic heterocycles. The van der Waals surface area contributed by atoms with Crippen LogP contribution in [0.1, 0.15) is 17.7 Å². The summed E-state index contributed by atoms with van der Waals surface area (Å²) in [6, 6.07) is 10.0. The molecule has 1 heterocycles. The number of nitrogens with two attached hydrogens (primary N) is 1. The van der Waals surface area contributed by atoms with Crippen molar-refractivity contribution in [1.29, 1.82) is 0 Å². The molecule has 1 unspecified atom stereocenters. The lowest BCUT2D eigenvalue weighted by Gasteiger charge is -2.16. The summed E-state index contributed by atoms with van der Waals surface area (Å²) in [5, 5.41) is 0. The lowest BCUT2D eigenvalue weighted by molar-refractivity contribution is 0.412. The van der Waals surface area contributed by atoms with E-state index >= 15 is 0 Å². The van der Waals surface area contributed by atoms with E-state index in [0.29, 0.717) is 0 Å². The molecule has 0 bridgehead atoms. The fraction of sp³-hybridized carbons (Fsp3) is 0.333. The van der Waals surface area contributed by atoms with E-state index in [1.807, 2.05) is 30.3 Å². The van der Waals surface area contributed by atoms with Crippen molar-refractivity contribution in [3.05, 3.63) is 52.4 Å². The normalized spacial score (nSPS) is 12.3. The summed E-state index contributed by atoms with van der Waals surface area (Å²) >= 11 is 3.56. The zero-order valence-corrected chi connectivity index (χ0v) is 13.0. The summed E-state index contributed by atoms with van der Waals surface area (Å²) in [5.74, 6) is 7.49. The first kappa shape index (κ1) is 15.1. The Bertz CT molecular complexity index is 529. The Labute approximate surface area is 127 Å². The Morgan fingerprint density at radius 2 is 2.25 bits per heavy atom. The third-order valence-electron chi connectivity index (χ3n) is 3.27. The molecule has 0 saturated heterocycles. The van der Waals surface area contributed by atoms with E-state index in [-0.39, 0.29) is 6.04 Å². The van der Waals surface area contributed by atoms with Crippen LogP contribution in [0, 0.1) is 0 Å². The van der Waals surface area contributed by atoms with E-state index in [9.17, 15) is 0 Å². The predicted molar refractivity (Wildman–Crippen MR) is 82.5 cm³/mol. The van der Waals surface area contributed by atoms with Gasteiger partial charge in [-0.2, -0.15) is 0 Å². The third kappa shape index (κ3) is 4.10. The zero-order chi connectivity index (χ0) is 14.4. The van der Waals surface area contributed by atoms with Gasteiger partial charge in [-0.15, -0.1) is 0 Å². The van der Waals surface area contributed by atoms with E-state index in [0.717, 1.165) is 35.2 Å². The van der Waals surface area contributed by atoms with Gasteiger partial charge in [-0.25, -0.2) is 0 Å². The van der Waals surface area contributed by atoms with Gasteiger partial charge in [0.2, 0.25) is 0 Å². The number of halogens is 1. The summed E-state index contributed by atoms with van der Waals surface area (Å²) in [5.41, 5.74) is 4.05. The smallest absolute Gasteiger partial charge is 0.119 e. The molecule has 3 N–H and O–H groups in total. The number of hydrogen-bond acceptors (Lipinski definition) is 4. The number of nitrogens with one attached hydrogen (secondary N) is 1. The maximum atomic E-state index is 5.65. The van der Waals surface area contributed by atoms with Gasteiger partial charge in [-0.05, 0) is 48.7 Å². The highest BCUT2D eigenvalue weighted by Crippen LogP contribution is 2.24. The van der Waals surface area contributed by atoms with Crippen molar-refractivity contribution in [3.8, 4) is 5.75 Å². The lowest BCUT2D eigenvalue weighted by atomic mass is 10.0. The van der Waals surface area contributed by atoms with Crippen LogP contribution in [0.25, 0.3) is 0 Å². The average molecular weight is 339 g/mol. The molecule has 0 fully saturated rings. The molecule has 1 atom stereocenters. The minimum atomic E-state index is 0.184. The highest BCUT2D eigenvalue weighted by molar-refractivity contribution is 9.10. The van der Waals surface area contributed by atoms with Gasteiger partial charge in [-0.3, -0.25) is 11.3 Å². The van der Waals surface area contributed by atoms with Gasteiger partial charge >= 0.3 is 0 Å². The van der Waals surface area contributed by atoms with Gasteiger partial charge in [0.25, 0.3) is 0 Å². The first-order chi connectivity index (χ1) is 9.72. The molecule has 108 valence electrons. The van der Waals surface area contributed by atoms with Gasteiger partial charge in [0.05, 0.1) is 13.4 Å². The van der Waals surface area contributed by atoms with Crippen LogP contribution < -0.4 is 16.0 Å². The number of methoxy groups -OCH3 is 1. The summed E-state index contributed by atoms with van der Waals surface area (Å²) in [4.78, 5) is 0. The number of rotatable bonds is 7. The fourth-order valence-electron chi connectivity index (χ4n) is 2.12. The quantitative estimate of drug-likeness (QED) is 0.601. The Morgan fingerprint density at radius 3 is 2.90 bits per heavy atom. The first-order valence-electron chi connectivity index (χ1n) is 6.54. The van der Waals surface area contributed by atoms with Crippen LogP contribution in [-0.4, -0.2) is 13.2 Å². The molecule has 0 saturated carbocycles. The van der Waals surface area contributed by atoms with Crippen LogP contribution in [0.15, 0.2) is 45.5 Å². The van der Waals surface area contributed by atoms with Crippen LogP contribution in [0.5, 0.6) is 5.75 Å². The second-order valence-electron chi connectivity index (χ2n) is 4.64. The van der Waals surface area contributed by atoms with E-state index in [1.165, 1.54) is 5.56 Å². The average Bonchev–Trinajstić information content (AvgIpc) is 2.98. The molecular formula is C15H19BrN2O2. The van der Waals surface area contributed by atoms with Crippen LogP contribution in [-0.2, 0) is 12.8 Å². The van der Waals surface area contributed by atoms with Crippen LogP contribution in [0.4, 0.5) is 0 Å². The molecule has 2 aromatic rings. The van der Waals surface area contributed by atoms with E-state index in [2.05, 4.69) is 21.4 Å². The maximum Gasteiger partial charge on any atom is 0.119 e. The third-order valence-corrected chi connectivity index (χ3v) is 4.05. The van der Waals surface area contributed by atoms with Gasteiger partial charge < -0.3 is 9.15 Å². The van der Waals surface area contributed by atoms with Crippen LogP contribution in [0.2, 0.25) is 0 Å². The number of hydrogen-bond donors (Lipinski definition) is 2. The van der Waals surface area contributed by atoms with E-state index < -0.39 is 0 Å². The number of furan rings is 1. The summed E-state index contributed by atoms with van der Waals surface area (Å²) in [6.45, 7) is 0. The Balaban J connectivity index is 1.98. The molecule has 0 aliphatic heterocycles. The topological polar surface area (TPSA) is 60.4 Å². The fourth-order valence-corrected chi connectivity index (χ4v) is 2.52. The molecular weight excluding hydrogens is 320 g/mol. The highest BCUT2D eigenvalue weighted by Gasteiger charge is 2.12. The summed E-state index contributed by atoms with van der Waals surface area (Å²) in [6.07, 6.45) is 4.30. The van der Waals surface area contributed by atoms with E-state index in [4.69, 9.17) is 15.0 Å². The van der Waals surface area contributed by atoms with Crippen molar-refractivity contribution in [2.24, 2.45) is 5.84 Å². The number of aryl methyl sites for hydroxylation is 1. The molecule has 0 aliphatic rings. The standard InChI is InChI=1S/C15H19BrN2O2/c1-19-14-6-7-15(16)11(10-14)9-12(18-17)4-5-13-3-2-8-20-13/h2-3,6-8,10,12,18H,4-5,9,17H2,1H3. The van der Waals surface area contributed by atoms with Gasteiger partial charge in [-0.1, -0.05) is 15.9 Å². The largest absolute Gasteiger partial charge is 0.497 e. The zero-order valence-electron chi connectivity index (χ0n) is 11.4. The van der Waals surface area contributed by atoms with Gasteiger partial charge in [0, 0.05) is 16.9 Å². The number of benzene rings is 1. The van der Waals surface area contributed by atoms with Crippen molar-refractivity contribution in [1.82, 2.24) is 5.43 Å². The van der Waals surface area contributed by atoms with Crippen LogP contribution >= 0.6 is 15.9 Å². The van der Waals surface area contributed by atoms with Crippen molar-refractivity contribution >= 4 is 15.9 Å². The van der Waals surface area contributed by atoms with Gasteiger partial charge in [0.1, 0.15) is 11.5 Å². The van der Waals surface area contributed by atoms with Crippen molar-refractivity contribution in [2.45, 2.75) is 25.3 Å². The van der Waals surface area contributed by atoms with Crippen LogP contribution in [0.3, 0.4) is 0 Å². The minimum absolute atomic E-state index is 0.184. The lowest BCUT2D eigenvalue weighted by Crippen LogP contribution is -2.37. The Morgan fingerprint density at radius 1 is 1.40 bits per heavy atom. The second-order valence-corrected chi connectivity index (χ2v) is 5.50. The Hall–Kier alpha value is -1.30. The Kier molecular flexibility index (Phi) is 5.64. The summed E-state index contributed by atoms with van der Waals surface area (Å²) < 4.78 is 11.7. The van der Waals surface area contributed by atoms with Crippen molar-refractivity contribution in [3.63, 3.8) is 0 Å². The maximum absolute atomic E-state index is 5.65. The van der Waals surface area contributed by atoms with E-state index in [1.54, 1.807) is 13.4 Å². The molecule has 5 heteroatoms. The highest BCUT2D eigenvalue weighted by atomic mass is 79.9. The second kappa shape index (κ2) is 7.47. The molecule has 0 amide bonds. The molecule has 0 aliphatic carbocycles. The molecule has 1 aromatic carbocycles. The van der Waals surface area contributed by atoms with Crippen molar-refractivity contribution in [2.75, 3.05) is 7.11 Å². The SMILES string of the molecule is COc1ccc(Br)c(CC(CCc2ccco2)NN)c1. The number of hydrazine groups is 1. The predicted octanol–water partition coefficient (Wildman–Crippen LogP) is 3.06. The summed E-state index contributed by atoms with van der Waals surface area (Å²) in [7, 11) is 1.67. The molecule has 2 rings (SSSR count). The molecule has 0 spiro atoms. The van der Waals surface area contributed by atoms with Gasteiger partial charge in [0.15, 0.2) is 0 Å².